The van der Waals surface area contributed by atoms with E-state index in [9.17, 15) is 0 Å². The van der Waals surface area contributed by atoms with Gasteiger partial charge in [0.05, 0.1) is 52.9 Å². The molecule has 0 saturated carbocycles. The van der Waals surface area contributed by atoms with Crippen molar-refractivity contribution in [2.45, 2.75) is 479 Å². The van der Waals surface area contributed by atoms with E-state index in [1.54, 1.807) is 0 Å². The van der Waals surface area contributed by atoms with E-state index in [0.717, 1.165) is 128 Å². The van der Waals surface area contributed by atoms with Gasteiger partial charge in [-0.25, -0.2) is 0 Å². The van der Waals surface area contributed by atoms with Crippen LogP contribution in [0, 0.1) is 0 Å². The van der Waals surface area contributed by atoms with Crippen LogP contribution in [0.4, 0.5) is 0 Å². The Bertz CT molecular complexity index is 3060. The minimum atomic E-state index is -0.202. The number of carbonyl (C=O) groups is 4. The van der Waals surface area contributed by atoms with E-state index in [4.69, 9.17) is 37.9 Å². The van der Waals surface area contributed by atoms with Crippen molar-refractivity contribution in [1.29, 1.82) is 0 Å². The normalized spacial score (nSPS) is 12.9. The summed E-state index contributed by atoms with van der Waals surface area (Å²) in [7, 11) is 0. The lowest BCUT2D eigenvalue weighted by Crippen LogP contribution is -2.46. The standard InChI is InChI=1S/C118H200N4O12/c1-9-17-25-33-41-49-57-65-91-127-107-79-75-103(99-111(107)131-95-69-61-53-45-37-29-21-13-5)115(123)119-83-73-84-121(117(125)105-77-81-109(129-93-67-59-51-43-35-27-19-11-3)113(101-105)133-97-71-63-55-47-39-31-23-15-7)89-90-122(118(126)106-78-82-110(130-94-68-60-52-44-36-28-20-12-4)114(102-106)134-98-72-64-56-48-40-32-24-16-8)86-74-85-120(88-87-119)116(124)104-76-80-108(128-92-66-58-50-42-34-26-18-10-2)112(100-104)132-96-70-62-54-46-38-30-22-14-6/h75-82,99-102H,9-74,83-98H2,1-8H3. The van der Waals surface area contributed by atoms with Gasteiger partial charge in [0.1, 0.15) is 0 Å². The number of hydrogen-bond acceptors (Lipinski definition) is 12. The van der Waals surface area contributed by atoms with Gasteiger partial charge < -0.3 is 57.5 Å². The molecule has 4 aromatic rings. The third-order valence-electron chi connectivity index (χ3n) is 26.9. The molecule has 1 aliphatic rings. The molecule has 4 amide bonds. The van der Waals surface area contributed by atoms with Gasteiger partial charge in [-0.1, -0.05) is 415 Å². The highest BCUT2D eigenvalue weighted by Gasteiger charge is 2.29. The average molecular weight is 1870 g/mol. The van der Waals surface area contributed by atoms with Gasteiger partial charge in [0.25, 0.3) is 23.6 Å². The van der Waals surface area contributed by atoms with Gasteiger partial charge in [-0.2, -0.15) is 0 Å². The van der Waals surface area contributed by atoms with E-state index >= 15 is 19.2 Å². The zero-order valence-electron chi connectivity index (χ0n) is 87.6. The minimum Gasteiger partial charge on any atom is -0.490 e. The number of rotatable bonds is 84. The Morgan fingerprint density at radius 2 is 0.299 bits per heavy atom. The second kappa shape index (κ2) is 82.1. The number of carbonyl (C=O) groups excluding carboxylic acids is 4. The lowest BCUT2D eigenvalue weighted by molar-refractivity contribution is 0.0594. The summed E-state index contributed by atoms with van der Waals surface area (Å²) in [5, 5.41) is 0. The fourth-order valence-corrected chi connectivity index (χ4v) is 18.2. The van der Waals surface area contributed by atoms with E-state index in [2.05, 4.69) is 55.4 Å². The van der Waals surface area contributed by atoms with Crippen molar-refractivity contribution in [2.24, 2.45) is 0 Å². The first-order chi connectivity index (χ1) is 66.0. The fraction of sp³-hybridized carbons (Fsp3) is 0.763. The smallest absolute Gasteiger partial charge is 0.254 e. The molecule has 16 nitrogen and oxygen atoms in total. The number of amides is 4. The second-order valence-electron chi connectivity index (χ2n) is 39.1. The third-order valence-corrected chi connectivity index (χ3v) is 26.9. The molecule has 16 heteroatoms. The molecule has 1 fully saturated rings. The van der Waals surface area contributed by atoms with Crippen molar-refractivity contribution in [3.63, 3.8) is 0 Å². The van der Waals surface area contributed by atoms with Gasteiger partial charge in [-0.05, 0) is 137 Å². The van der Waals surface area contributed by atoms with Gasteiger partial charge in [0.15, 0.2) is 46.0 Å². The van der Waals surface area contributed by atoms with Crippen molar-refractivity contribution < 1.29 is 57.1 Å². The summed E-state index contributed by atoms with van der Waals surface area (Å²) in [6.45, 7) is 24.1. The topological polar surface area (TPSA) is 155 Å². The summed E-state index contributed by atoms with van der Waals surface area (Å²) < 4.78 is 53.3. The van der Waals surface area contributed by atoms with Gasteiger partial charge >= 0.3 is 0 Å². The SMILES string of the molecule is CCCCCCCCCCOc1ccc(C(=O)N2CCCN(C(=O)c3ccc(OCCCCCCCCCC)c(OCCCCCCCCCC)c3)CCN(C(=O)c3ccc(OCCCCCCCCCC)c(OCCCCCCCCCC)c3)CCCN(C(=O)c3ccc(OCCCCCCCCCC)c(OCCCCCCCCCC)c3)CC2)cc1OCCCCCCCCCC. The molecule has 1 aliphatic heterocycles. The zero-order chi connectivity index (χ0) is 95.7. The van der Waals surface area contributed by atoms with E-state index in [-0.39, 0.29) is 76.0 Å². The first kappa shape index (κ1) is 118. The lowest BCUT2D eigenvalue weighted by Gasteiger charge is -2.33. The summed E-state index contributed by atoms with van der Waals surface area (Å²) in [6.07, 6.45) is 76.3. The van der Waals surface area contributed by atoms with Gasteiger partial charge in [-0.15, -0.1) is 0 Å². The molecule has 0 spiro atoms. The van der Waals surface area contributed by atoms with Gasteiger partial charge in [-0.3, -0.25) is 19.2 Å². The summed E-state index contributed by atoms with van der Waals surface area (Å²) in [4.78, 5) is 71.4. The summed E-state index contributed by atoms with van der Waals surface area (Å²) >= 11 is 0. The Labute approximate surface area is 820 Å². The van der Waals surface area contributed by atoms with E-state index in [0.29, 0.717) is 134 Å². The number of nitrogens with zero attached hydrogens (tertiary/aromatic N) is 4. The average Bonchev–Trinajstić information content (AvgIpc) is 0.815. The highest BCUT2D eigenvalue weighted by molar-refractivity contribution is 5.97. The van der Waals surface area contributed by atoms with Crippen molar-refractivity contribution in [3.8, 4) is 46.0 Å². The van der Waals surface area contributed by atoms with Gasteiger partial charge in [0.2, 0.25) is 0 Å². The quantitative estimate of drug-likeness (QED) is 0.0386. The maximum atomic E-state index is 16.0. The van der Waals surface area contributed by atoms with Crippen molar-refractivity contribution in [1.82, 2.24) is 19.6 Å². The molecule has 0 N–H and O–H groups in total. The van der Waals surface area contributed by atoms with Crippen molar-refractivity contribution in [2.75, 3.05) is 105 Å². The number of ether oxygens (including phenoxy) is 8. The summed E-state index contributed by atoms with van der Waals surface area (Å²) in [5.41, 5.74) is 1.86. The molecule has 1 heterocycles. The van der Waals surface area contributed by atoms with Crippen LogP contribution in [0.15, 0.2) is 72.8 Å². The van der Waals surface area contributed by atoms with Crippen LogP contribution in [-0.2, 0) is 0 Å². The lowest BCUT2D eigenvalue weighted by atomic mass is 10.1. The van der Waals surface area contributed by atoms with Crippen molar-refractivity contribution in [3.05, 3.63) is 95.1 Å². The van der Waals surface area contributed by atoms with Crippen LogP contribution < -0.4 is 37.9 Å². The van der Waals surface area contributed by atoms with E-state index in [1.165, 1.54) is 283 Å². The number of unbranched alkanes of at least 4 members (excludes halogenated alkanes) is 56. The fourth-order valence-electron chi connectivity index (χ4n) is 18.2. The maximum absolute atomic E-state index is 16.0. The number of benzene rings is 4. The molecule has 1 saturated heterocycles. The largest absolute Gasteiger partial charge is 0.490 e. The molecule has 764 valence electrons. The Hall–Kier alpha value is -6.84. The maximum Gasteiger partial charge on any atom is 0.254 e. The van der Waals surface area contributed by atoms with Crippen LogP contribution in [0.5, 0.6) is 46.0 Å². The molecule has 134 heavy (non-hydrogen) atoms. The first-order valence-electron chi connectivity index (χ1n) is 56.8. The molecule has 5 rings (SSSR count). The van der Waals surface area contributed by atoms with E-state index < -0.39 is 0 Å². The Morgan fingerprint density at radius 1 is 0.172 bits per heavy atom. The van der Waals surface area contributed by atoms with E-state index in [1.807, 2.05) is 92.4 Å². The van der Waals surface area contributed by atoms with Crippen LogP contribution >= 0.6 is 0 Å². The predicted molar refractivity (Wildman–Crippen MR) is 563 cm³/mol. The molecule has 0 atom stereocenters. The molecular formula is C118H200N4O12. The molecule has 0 aromatic heterocycles. The molecule has 0 bridgehead atoms. The van der Waals surface area contributed by atoms with Crippen LogP contribution in [0.2, 0.25) is 0 Å². The highest BCUT2D eigenvalue weighted by atomic mass is 16.5. The van der Waals surface area contributed by atoms with Crippen LogP contribution in [0.3, 0.4) is 0 Å². The zero-order valence-corrected chi connectivity index (χ0v) is 87.6. The summed E-state index contributed by atoms with van der Waals surface area (Å²) in [5.74, 6) is 3.98. The monoisotopic (exact) mass is 1870 g/mol. The Kier molecular flexibility index (Phi) is 72.1. The highest BCUT2D eigenvalue weighted by Crippen LogP contribution is 2.36. The predicted octanol–water partition coefficient (Wildman–Crippen LogP) is 33.5. The molecular weight excluding hydrogens is 1670 g/mol. The van der Waals surface area contributed by atoms with Crippen LogP contribution in [0.1, 0.15) is 521 Å². The third kappa shape index (κ3) is 55.1. The molecule has 0 unspecified atom stereocenters. The Balaban J connectivity index is 1.64. The second-order valence-corrected chi connectivity index (χ2v) is 39.1. The molecule has 0 radical (unpaired) electrons. The first-order valence-corrected chi connectivity index (χ1v) is 56.8. The van der Waals surface area contributed by atoms with Crippen LogP contribution in [-0.4, -0.2) is 148 Å². The van der Waals surface area contributed by atoms with Crippen LogP contribution in [0.25, 0.3) is 0 Å². The number of hydrogen-bond donors (Lipinski definition) is 0. The molecule has 4 aromatic carbocycles. The minimum absolute atomic E-state index is 0.184. The van der Waals surface area contributed by atoms with Gasteiger partial charge in [0, 0.05) is 74.6 Å². The Morgan fingerprint density at radius 3 is 0.440 bits per heavy atom. The molecule has 0 aliphatic carbocycles. The van der Waals surface area contributed by atoms with Crippen molar-refractivity contribution >= 4 is 23.6 Å². The summed E-state index contributed by atoms with van der Waals surface area (Å²) in [6, 6.07) is 22.7.